The van der Waals surface area contributed by atoms with Crippen LogP contribution in [0, 0.1) is 0 Å². The molecule has 0 fully saturated rings. The number of fused-ring (bicyclic) bond motifs is 1. The molecule has 0 bridgehead atoms. The van der Waals surface area contributed by atoms with Crippen molar-refractivity contribution < 1.29 is 9.21 Å². The van der Waals surface area contributed by atoms with Crippen LogP contribution in [0.15, 0.2) is 40.3 Å². The molecular formula is C15H16N2O2S. The highest BCUT2D eigenvalue weighted by atomic mass is 32.1. The molecule has 3 heterocycles. The summed E-state index contributed by atoms with van der Waals surface area (Å²) in [6, 6.07) is 7.79. The van der Waals surface area contributed by atoms with Crippen molar-refractivity contribution in [2.24, 2.45) is 0 Å². The van der Waals surface area contributed by atoms with Crippen molar-refractivity contribution in [1.82, 2.24) is 9.88 Å². The number of furan rings is 1. The van der Waals surface area contributed by atoms with Crippen molar-refractivity contribution >= 4 is 27.5 Å². The Balaban J connectivity index is 1.70. The number of carbonyl (C=O) groups is 1. The van der Waals surface area contributed by atoms with E-state index in [1.807, 2.05) is 22.8 Å². The summed E-state index contributed by atoms with van der Waals surface area (Å²) in [6.45, 7) is 3.42. The highest BCUT2D eigenvalue weighted by Gasteiger charge is 2.14. The molecule has 3 aromatic rings. The highest BCUT2D eigenvalue weighted by molar-refractivity contribution is 7.17. The Morgan fingerprint density at radius 3 is 3.10 bits per heavy atom. The number of rotatable bonds is 5. The number of aryl methyl sites for hydroxylation is 1. The molecule has 0 radical (unpaired) electrons. The number of thiophene rings is 1. The second kappa shape index (κ2) is 5.54. The van der Waals surface area contributed by atoms with E-state index in [1.165, 1.54) is 0 Å². The average Bonchev–Trinajstić information content (AvgIpc) is 3.14. The number of hydrogen-bond acceptors (Lipinski definition) is 3. The van der Waals surface area contributed by atoms with Crippen LogP contribution < -0.4 is 5.32 Å². The van der Waals surface area contributed by atoms with Crippen LogP contribution in [0.5, 0.6) is 0 Å². The van der Waals surface area contributed by atoms with Gasteiger partial charge in [0.1, 0.15) is 11.5 Å². The summed E-state index contributed by atoms with van der Waals surface area (Å²) in [7, 11) is 0. The topological polar surface area (TPSA) is 47.2 Å². The lowest BCUT2D eigenvalue weighted by Gasteiger charge is -2.07. The third-order valence-corrected chi connectivity index (χ3v) is 4.16. The van der Waals surface area contributed by atoms with Crippen LogP contribution in [0.2, 0.25) is 0 Å². The van der Waals surface area contributed by atoms with Gasteiger partial charge in [-0.3, -0.25) is 4.79 Å². The van der Waals surface area contributed by atoms with Crippen LogP contribution in [0.25, 0.3) is 10.2 Å². The minimum Gasteiger partial charge on any atom is -0.469 e. The van der Waals surface area contributed by atoms with E-state index in [1.54, 1.807) is 17.6 Å². The monoisotopic (exact) mass is 288 g/mol. The van der Waals surface area contributed by atoms with Crippen molar-refractivity contribution in [3.05, 3.63) is 47.4 Å². The third kappa shape index (κ3) is 2.36. The molecule has 0 saturated heterocycles. The van der Waals surface area contributed by atoms with E-state index in [4.69, 9.17) is 4.42 Å². The number of nitrogens with one attached hydrogen (secondary N) is 1. The molecule has 5 heteroatoms. The summed E-state index contributed by atoms with van der Waals surface area (Å²) in [5.41, 5.74) is 1.86. The highest BCUT2D eigenvalue weighted by Crippen LogP contribution is 2.25. The molecule has 0 aliphatic carbocycles. The zero-order valence-electron chi connectivity index (χ0n) is 11.3. The Hall–Kier alpha value is -2.01. The first-order valence-electron chi connectivity index (χ1n) is 6.67. The lowest BCUT2D eigenvalue weighted by atomic mass is 10.3. The molecule has 104 valence electrons. The normalized spacial score (nSPS) is 11.1. The van der Waals surface area contributed by atoms with E-state index in [2.05, 4.69) is 23.7 Å². The zero-order valence-corrected chi connectivity index (χ0v) is 12.1. The molecular weight excluding hydrogens is 272 g/mol. The van der Waals surface area contributed by atoms with Crippen LogP contribution >= 0.6 is 11.3 Å². The van der Waals surface area contributed by atoms with Crippen LogP contribution in [-0.4, -0.2) is 17.0 Å². The van der Waals surface area contributed by atoms with Gasteiger partial charge in [0.05, 0.1) is 16.5 Å². The van der Waals surface area contributed by atoms with Gasteiger partial charge in [-0.2, -0.15) is 0 Å². The van der Waals surface area contributed by atoms with E-state index < -0.39 is 0 Å². The minimum atomic E-state index is -0.0261. The molecule has 0 atom stereocenters. The largest absolute Gasteiger partial charge is 0.469 e. The van der Waals surface area contributed by atoms with Gasteiger partial charge in [-0.25, -0.2) is 0 Å². The fraction of sp³-hybridized carbons (Fsp3) is 0.267. The minimum absolute atomic E-state index is 0.0261. The summed E-state index contributed by atoms with van der Waals surface area (Å²) < 4.78 is 8.45. The van der Waals surface area contributed by atoms with Gasteiger partial charge in [0, 0.05) is 19.5 Å². The SMILES string of the molecule is CCn1c(C(=O)NCCc2ccco2)cc2sccc21. The van der Waals surface area contributed by atoms with Gasteiger partial charge in [-0.1, -0.05) is 0 Å². The molecule has 20 heavy (non-hydrogen) atoms. The van der Waals surface area contributed by atoms with Crippen molar-refractivity contribution in [2.45, 2.75) is 19.9 Å². The summed E-state index contributed by atoms with van der Waals surface area (Å²) >= 11 is 1.66. The van der Waals surface area contributed by atoms with Crippen LogP contribution in [-0.2, 0) is 13.0 Å². The number of aromatic nitrogens is 1. The third-order valence-electron chi connectivity index (χ3n) is 3.31. The number of nitrogens with zero attached hydrogens (tertiary/aromatic N) is 1. The predicted molar refractivity (Wildman–Crippen MR) is 80.2 cm³/mol. The van der Waals surface area contributed by atoms with Crippen molar-refractivity contribution in [3.63, 3.8) is 0 Å². The van der Waals surface area contributed by atoms with E-state index in [-0.39, 0.29) is 5.91 Å². The predicted octanol–water partition coefficient (Wildman–Crippen LogP) is 3.29. The molecule has 3 aromatic heterocycles. The molecule has 0 aromatic carbocycles. The zero-order chi connectivity index (χ0) is 13.9. The first-order chi connectivity index (χ1) is 9.79. The summed E-state index contributed by atoms with van der Waals surface area (Å²) in [6.07, 6.45) is 2.35. The van der Waals surface area contributed by atoms with Gasteiger partial charge < -0.3 is 14.3 Å². The Morgan fingerprint density at radius 1 is 1.45 bits per heavy atom. The Morgan fingerprint density at radius 2 is 2.35 bits per heavy atom. The number of amides is 1. The standard InChI is InChI=1S/C15H16N2O2S/c1-2-17-12-6-9-20-14(12)10-13(17)15(18)16-7-5-11-4-3-8-19-11/h3-4,6,8-10H,2,5,7H2,1H3,(H,16,18). The van der Waals surface area contributed by atoms with Gasteiger partial charge >= 0.3 is 0 Å². The van der Waals surface area contributed by atoms with Crippen molar-refractivity contribution in [3.8, 4) is 0 Å². The van der Waals surface area contributed by atoms with E-state index in [0.29, 0.717) is 13.0 Å². The fourth-order valence-electron chi connectivity index (χ4n) is 2.35. The molecule has 0 spiro atoms. The Labute approximate surface area is 121 Å². The van der Waals surface area contributed by atoms with Crippen molar-refractivity contribution in [1.29, 1.82) is 0 Å². The molecule has 1 amide bonds. The second-order valence-electron chi connectivity index (χ2n) is 4.53. The molecule has 4 nitrogen and oxygen atoms in total. The molecule has 1 N–H and O–H groups in total. The molecule has 0 aliphatic heterocycles. The second-order valence-corrected chi connectivity index (χ2v) is 5.48. The molecule has 0 saturated carbocycles. The first-order valence-corrected chi connectivity index (χ1v) is 7.55. The van der Waals surface area contributed by atoms with Gasteiger partial charge in [-0.15, -0.1) is 11.3 Å². The van der Waals surface area contributed by atoms with E-state index >= 15 is 0 Å². The van der Waals surface area contributed by atoms with E-state index in [0.717, 1.165) is 28.2 Å². The molecule has 0 unspecified atom stereocenters. The summed E-state index contributed by atoms with van der Waals surface area (Å²) in [5.74, 6) is 0.860. The maximum absolute atomic E-state index is 12.3. The maximum Gasteiger partial charge on any atom is 0.267 e. The van der Waals surface area contributed by atoms with Gasteiger partial charge in [0.25, 0.3) is 5.91 Å². The quantitative estimate of drug-likeness (QED) is 0.783. The van der Waals surface area contributed by atoms with Gasteiger partial charge in [0.15, 0.2) is 0 Å². The smallest absolute Gasteiger partial charge is 0.267 e. The van der Waals surface area contributed by atoms with Crippen LogP contribution in [0.1, 0.15) is 23.2 Å². The average molecular weight is 288 g/mol. The Kier molecular flexibility index (Phi) is 3.60. The lowest BCUT2D eigenvalue weighted by Crippen LogP contribution is -2.27. The lowest BCUT2D eigenvalue weighted by molar-refractivity contribution is 0.0945. The summed E-state index contributed by atoms with van der Waals surface area (Å²) in [5, 5.41) is 5.00. The fourth-order valence-corrected chi connectivity index (χ4v) is 3.17. The number of hydrogen-bond donors (Lipinski definition) is 1. The van der Waals surface area contributed by atoms with Crippen LogP contribution in [0.3, 0.4) is 0 Å². The number of carbonyl (C=O) groups excluding carboxylic acids is 1. The molecule has 0 aliphatic rings. The molecule has 3 rings (SSSR count). The Bertz CT molecular complexity index is 709. The maximum atomic E-state index is 12.3. The van der Waals surface area contributed by atoms with Gasteiger partial charge in [0.2, 0.25) is 0 Å². The first kappa shape index (κ1) is 13.0. The van der Waals surface area contributed by atoms with Crippen LogP contribution in [0.4, 0.5) is 0 Å². The van der Waals surface area contributed by atoms with E-state index in [9.17, 15) is 4.79 Å². The van der Waals surface area contributed by atoms with Gasteiger partial charge in [-0.05, 0) is 36.6 Å². The summed E-state index contributed by atoms with van der Waals surface area (Å²) in [4.78, 5) is 12.3. The van der Waals surface area contributed by atoms with Crippen molar-refractivity contribution in [2.75, 3.05) is 6.54 Å².